The molecule has 0 aliphatic carbocycles. The molecule has 0 saturated carbocycles. The smallest absolute Gasteiger partial charge is 0.266 e. The maximum Gasteiger partial charge on any atom is 0.266 e. The maximum atomic E-state index is 12.8. The van der Waals surface area contributed by atoms with Crippen molar-refractivity contribution in [1.82, 2.24) is 0 Å². The van der Waals surface area contributed by atoms with Gasteiger partial charge < -0.3 is 5.73 Å². The van der Waals surface area contributed by atoms with Crippen molar-refractivity contribution in [2.24, 2.45) is 5.73 Å². The van der Waals surface area contributed by atoms with E-state index in [1.54, 1.807) is 0 Å². The summed E-state index contributed by atoms with van der Waals surface area (Å²) in [7, 11) is 0. The molecule has 1 nitrogen and oxygen atoms in total. The molecule has 12 heavy (non-hydrogen) atoms. The molecular weight excluding hydrogens is 160 g/mol. The first-order chi connectivity index (χ1) is 5.62. The Morgan fingerprint density at radius 1 is 1.33 bits per heavy atom. The van der Waals surface area contributed by atoms with Crippen LogP contribution in [0, 0.1) is 0 Å². The predicted octanol–water partition coefficient (Wildman–Crippen LogP) is 2.72. The molecule has 0 saturated heterocycles. The van der Waals surface area contributed by atoms with Crippen LogP contribution in [0.2, 0.25) is 0 Å². The molecule has 0 spiro atoms. The fraction of sp³-hybridized carbons (Fsp3) is 0.778. The lowest BCUT2D eigenvalue weighted by Crippen LogP contribution is -2.12. The van der Waals surface area contributed by atoms with Crippen LogP contribution in [-0.2, 0) is 0 Å². The van der Waals surface area contributed by atoms with Gasteiger partial charge in [0.1, 0.15) is 0 Å². The average molecular weight is 177 g/mol. The van der Waals surface area contributed by atoms with Crippen molar-refractivity contribution in [2.75, 3.05) is 6.54 Å². The molecule has 0 aromatic heterocycles. The normalized spacial score (nSPS) is 12.7. The number of nitrogens with two attached hydrogens (primary N) is 1. The number of hydrogen-bond donors (Lipinski definition) is 1. The summed E-state index contributed by atoms with van der Waals surface area (Å²) in [6.45, 7) is 2.18. The largest absolute Gasteiger partial charge is 0.327 e. The number of alkyl halides is 2. The summed E-state index contributed by atoms with van der Waals surface area (Å²) >= 11 is 0. The lowest BCUT2D eigenvalue weighted by molar-refractivity contribution is 0.0426. The molecule has 0 amide bonds. The second-order valence-corrected chi connectivity index (χ2v) is 2.86. The predicted molar refractivity (Wildman–Crippen MR) is 47.3 cm³/mol. The van der Waals surface area contributed by atoms with Crippen LogP contribution in [0.25, 0.3) is 0 Å². The highest BCUT2D eigenvalue weighted by atomic mass is 19.3. The second-order valence-electron chi connectivity index (χ2n) is 2.86. The molecule has 0 aliphatic rings. The maximum absolute atomic E-state index is 12.8. The third-order valence-electron chi connectivity index (χ3n) is 1.61. The van der Waals surface area contributed by atoms with Crippen LogP contribution in [0.3, 0.4) is 0 Å². The van der Waals surface area contributed by atoms with Gasteiger partial charge in [0.2, 0.25) is 0 Å². The molecule has 0 heterocycles. The molecular formula is C9H17F2N. The molecule has 0 fully saturated rings. The lowest BCUT2D eigenvalue weighted by Gasteiger charge is -2.10. The van der Waals surface area contributed by atoms with Gasteiger partial charge in [0.25, 0.3) is 5.92 Å². The van der Waals surface area contributed by atoms with Crippen LogP contribution < -0.4 is 5.73 Å². The van der Waals surface area contributed by atoms with Gasteiger partial charge in [-0.2, -0.15) is 0 Å². The van der Waals surface area contributed by atoms with Crippen LogP contribution in [0.5, 0.6) is 0 Å². The van der Waals surface area contributed by atoms with Crippen molar-refractivity contribution >= 4 is 0 Å². The van der Waals surface area contributed by atoms with Gasteiger partial charge in [0.05, 0.1) is 0 Å². The fourth-order valence-electron chi connectivity index (χ4n) is 0.934. The Hall–Kier alpha value is -0.440. The summed E-state index contributed by atoms with van der Waals surface area (Å²) in [5.41, 5.74) is 5.07. The van der Waals surface area contributed by atoms with Gasteiger partial charge in [-0.05, 0) is 12.5 Å². The van der Waals surface area contributed by atoms with Crippen LogP contribution in [0.4, 0.5) is 8.78 Å². The van der Waals surface area contributed by atoms with E-state index in [4.69, 9.17) is 5.73 Å². The number of halogens is 2. The van der Waals surface area contributed by atoms with Gasteiger partial charge in [-0.3, -0.25) is 0 Å². The number of hydrogen-bond acceptors (Lipinski definition) is 1. The van der Waals surface area contributed by atoms with Crippen molar-refractivity contribution in [3.63, 3.8) is 0 Å². The minimum Gasteiger partial charge on any atom is -0.327 e. The highest BCUT2D eigenvalue weighted by molar-refractivity contribution is 4.94. The van der Waals surface area contributed by atoms with E-state index < -0.39 is 5.92 Å². The van der Waals surface area contributed by atoms with Crippen molar-refractivity contribution in [3.8, 4) is 0 Å². The zero-order valence-electron chi connectivity index (χ0n) is 7.52. The molecule has 3 heteroatoms. The number of rotatable bonds is 6. The first-order valence-corrected chi connectivity index (χ1v) is 4.38. The molecule has 0 aliphatic heterocycles. The van der Waals surface area contributed by atoms with E-state index >= 15 is 0 Å². The molecule has 0 aromatic carbocycles. The standard InChI is InChI=1S/C9H17F2N/c1-2-3-4-6-9(10,11)7-5-8-12/h5,7H,2-4,6,8,12H2,1H3/b7-5-. The van der Waals surface area contributed by atoms with Crippen LogP contribution in [-0.4, -0.2) is 12.5 Å². The minimum absolute atomic E-state index is 0.0582. The van der Waals surface area contributed by atoms with Gasteiger partial charge in [-0.1, -0.05) is 25.8 Å². The Morgan fingerprint density at radius 2 is 2.00 bits per heavy atom. The summed E-state index contributed by atoms with van der Waals surface area (Å²) in [6.07, 6.45) is 4.58. The van der Waals surface area contributed by atoms with Crippen LogP contribution in [0.15, 0.2) is 12.2 Å². The van der Waals surface area contributed by atoms with Crippen LogP contribution >= 0.6 is 0 Å². The van der Waals surface area contributed by atoms with Crippen molar-refractivity contribution in [3.05, 3.63) is 12.2 Å². The monoisotopic (exact) mass is 177 g/mol. The molecule has 0 radical (unpaired) electrons. The van der Waals surface area contributed by atoms with Gasteiger partial charge in [0, 0.05) is 13.0 Å². The van der Waals surface area contributed by atoms with Crippen molar-refractivity contribution in [1.29, 1.82) is 0 Å². The molecule has 2 N–H and O–H groups in total. The van der Waals surface area contributed by atoms with Gasteiger partial charge in [0.15, 0.2) is 0 Å². The Morgan fingerprint density at radius 3 is 2.50 bits per heavy atom. The van der Waals surface area contributed by atoms with Crippen LogP contribution in [0.1, 0.15) is 32.6 Å². The summed E-state index contributed by atoms with van der Waals surface area (Å²) in [5.74, 6) is -2.66. The van der Waals surface area contributed by atoms with Crippen molar-refractivity contribution < 1.29 is 8.78 Å². The van der Waals surface area contributed by atoms with E-state index in [1.165, 1.54) is 6.08 Å². The fourth-order valence-corrected chi connectivity index (χ4v) is 0.934. The van der Waals surface area contributed by atoms with E-state index in [9.17, 15) is 8.78 Å². The van der Waals surface area contributed by atoms with Gasteiger partial charge in [-0.25, -0.2) is 8.78 Å². The van der Waals surface area contributed by atoms with E-state index in [2.05, 4.69) is 0 Å². The average Bonchev–Trinajstić information content (AvgIpc) is 2.01. The SMILES string of the molecule is CCCCCC(F)(F)/C=C\CN. The molecule has 0 rings (SSSR count). The third kappa shape index (κ3) is 6.28. The first kappa shape index (κ1) is 11.6. The van der Waals surface area contributed by atoms with Gasteiger partial charge >= 0.3 is 0 Å². The van der Waals surface area contributed by atoms with E-state index in [0.717, 1.165) is 18.9 Å². The highest BCUT2D eigenvalue weighted by Gasteiger charge is 2.23. The number of allylic oxidation sites excluding steroid dienone is 1. The third-order valence-corrected chi connectivity index (χ3v) is 1.61. The molecule has 72 valence electrons. The molecule has 0 bridgehead atoms. The van der Waals surface area contributed by atoms with Crippen molar-refractivity contribution in [2.45, 2.75) is 38.5 Å². The topological polar surface area (TPSA) is 26.0 Å². The Balaban J connectivity index is 3.63. The highest BCUT2D eigenvalue weighted by Crippen LogP contribution is 2.22. The van der Waals surface area contributed by atoms with Gasteiger partial charge in [-0.15, -0.1) is 0 Å². The summed E-state index contributed by atoms with van der Waals surface area (Å²) < 4.78 is 25.6. The Bertz CT molecular complexity index is 132. The van der Waals surface area contributed by atoms with E-state index in [-0.39, 0.29) is 13.0 Å². The zero-order valence-corrected chi connectivity index (χ0v) is 7.52. The Labute approximate surface area is 72.6 Å². The molecule has 0 aromatic rings. The molecule has 0 atom stereocenters. The summed E-state index contributed by atoms with van der Waals surface area (Å²) in [4.78, 5) is 0. The molecule has 0 unspecified atom stereocenters. The summed E-state index contributed by atoms with van der Waals surface area (Å²) in [5, 5.41) is 0. The second kappa shape index (κ2) is 6.12. The number of unbranched alkanes of at least 4 members (excludes halogenated alkanes) is 2. The first-order valence-electron chi connectivity index (χ1n) is 4.38. The minimum atomic E-state index is -2.66. The Kier molecular flexibility index (Phi) is 5.89. The summed E-state index contributed by atoms with van der Waals surface area (Å²) in [6, 6.07) is 0. The quantitative estimate of drug-likeness (QED) is 0.490. The van der Waals surface area contributed by atoms with E-state index in [1.807, 2.05) is 6.92 Å². The van der Waals surface area contributed by atoms with E-state index in [0.29, 0.717) is 6.42 Å². The lowest BCUT2D eigenvalue weighted by atomic mass is 10.1. The zero-order chi connectivity index (χ0) is 9.45.